The van der Waals surface area contributed by atoms with Crippen LogP contribution in [0, 0.1) is 0 Å². The van der Waals surface area contributed by atoms with E-state index in [-0.39, 0.29) is 11.9 Å². The number of piperazine rings is 1. The average molecular weight is 303 g/mol. The molecule has 0 spiro atoms. The lowest BCUT2D eigenvalue weighted by molar-refractivity contribution is 0.0626. The molecule has 1 aliphatic rings. The molecular formula is C15H17N3O2S. The number of carbonyl (C=O) groups is 1. The van der Waals surface area contributed by atoms with Crippen molar-refractivity contribution in [1.29, 1.82) is 0 Å². The van der Waals surface area contributed by atoms with Gasteiger partial charge in [0.2, 0.25) is 0 Å². The number of amides is 1. The first kappa shape index (κ1) is 14.0. The van der Waals surface area contributed by atoms with Gasteiger partial charge < -0.3 is 15.0 Å². The van der Waals surface area contributed by atoms with Gasteiger partial charge in [-0.1, -0.05) is 18.2 Å². The third-order valence-corrected chi connectivity index (χ3v) is 4.24. The largest absolute Gasteiger partial charge is 0.496 e. The van der Waals surface area contributed by atoms with E-state index in [4.69, 9.17) is 4.74 Å². The number of nitrogens with one attached hydrogen (secondary N) is 1. The molecule has 0 aliphatic carbocycles. The zero-order chi connectivity index (χ0) is 14.7. The maximum absolute atomic E-state index is 12.6. The van der Waals surface area contributed by atoms with Crippen LogP contribution in [0.1, 0.15) is 22.1 Å². The number of methoxy groups -OCH3 is 1. The number of nitrogens with zero attached hydrogens (tertiary/aromatic N) is 2. The summed E-state index contributed by atoms with van der Waals surface area (Å²) in [5, 5.41) is 5.14. The van der Waals surface area contributed by atoms with E-state index in [2.05, 4.69) is 10.3 Å². The van der Waals surface area contributed by atoms with Crippen molar-refractivity contribution in [3.05, 3.63) is 46.4 Å². The Kier molecular flexibility index (Phi) is 4.17. The van der Waals surface area contributed by atoms with Crippen LogP contribution in [0.4, 0.5) is 0 Å². The normalized spacial score (nSPS) is 18.5. The molecule has 21 heavy (non-hydrogen) atoms. The van der Waals surface area contributed by atoms with E-state index < -0.39 is 0 Å². The molecule has 0 saturated carbocycles. The van der Waals surface area contributed by atoms with Crippen molar-refractivity contribution in [2.45, 2.75) is 6.04 Å². The number of para-hydroxylation sites is 1. The Morgan fingerprint density at radius 3 is 3.10 bits per heavy atom. The maximum Gasteiger partial charge on any atom is 0.273 e. The molecule has 1 fully saturated rings. The molecule has 110 valence electrons. The SMILES string of the molecule is COc1ccccc1[C@H]1CNCCN1C(=O)c1cscn1. The number of ether oxygens (including phenoxy) is 1. The summed E-state index contributed by atoms with van der Waals surface area (Å²) in [6.07, 6.45) is 0. The fourth-order valence-corrected chi connectivity index (χ4v) is 3.16. The van der Waals surface area contributed by atoms with E-state index in [1.807, 2.05) is 29.2 Å². The van der Waals surface area contributed by atoms with E-state index >= 15 is 0 Å². The van der Waals surface area contributed by atoms with Crippen molar-refractivity contribution < 1.29 is 9.53 Å². The second-order valence-corrected chi connectivity index (χ2v) is 5.55. The highest BCUT2D eigenvalue weighted by molar-refractivity contribution is 7.07. The van der Waals surface area contributed by atoms with Gasteiger partial charge in [-0.05, 0) is 6.07 Å². The summed E-state index contributed by atoms with van der Waals surface area (Å²) < 4.78 is 5.44. The Morgan fingerprint density at radius 1 is 1.48 bits per heavy atom. The van der Waals surface area contributed by atoms with Crippen molar-refractivity contribution in [1.82, 2.24) is 15.2 Å². The Hall–Kier alpha value is -1.92. The lowest BCUT2D eigenvalue weighted by atomic mass is 10.0. The minimum Gasteiger partial charge on any atom is -0.496 e. The number of hydrogen-bond donors (Lipinski definition) is 1. The van der Waals surface area contributed by atoms with Crippen LogP contribution in [0.5, 0.6) is 5.75 Å². The molecular weight excluding hydrogens is 286 g/mol. The predicted octanol–water partition coefficient (Wildman–Crippen LogP) is 1.94. The van der Waals surface area contributed by atoms with Crippen molar-refractivity contribution >= 4 is 17.2 Å². The van der Waals surface area contributed by atoms with Gasteiger partial charge in [0.25, 0.3) is 5.91 Å². The molecule has 1 atom stereocenters. The van der Waals surface area contributed by atoms with Crippen molar-refractivity contribution in [3.8, 4) is 5.75 Å². The summed E-state index contributed by atoms with van der Waals surface area (Å²) in [4.78, 5) is 18.7. The van der Waals surface area contributed by atoms with E-state index in [1.165, 1.54) is 11.3 Å². The summed E-state index contributed by atoms with van der Waals surface area (Å²) in [6, 6.07) is 7.81. The van der Waals surface area contributed by atoms with Crippen LogP contribution >= 0.6 is 11.3 Å². The number of aromatic nitrogens is 1. The summed E-state index contributed by atoms with van der Waals surface area (Å²) in [6.45, 7) is 2.18. The fourth-order valence-electron chi connectivity index (χ4n) is 2.63. The Bertz CT molecular complexity index is 615. The van der Waals surface area contributed by atoms with Gasteiger partial charge in [-0.2, -0.15) is 0 Å². The van der Waals surface area contributed by atoms with Gasteiger partial charge >= 0.3 is 0 Å². The van der Waals surface area contributed by atoms with Crippen LogP contribution in [0.25, 0.3) is 0 Å². The van der Waals surface area contributed by atoms with Gasteiger partial charge in [0.15, 0.2) is 0 Å². The lowest BCUT2D eigenvalue weighted by Crippen LogP contribution is -2.48. The molecule has 2 aromatic rings. The number of rotatable bonds is 3. The summed E-state index contributed by atoms with van der Waals surface area (Å²) in [5.41, 5.74) is 3.23. The van der Waals surface area contributed by atoms with Gasteiger partial charge in [-0.25, -0.2) is 4.98 Å². The highest BCUT2D eigenvalue weighted by Crippen LogP contribution is 2.31. The molecule has 1 aromatic carbocycles. The molecule has 3 rings (SSSR count). The average Bonchev–Trinajstić information content (AvgIpc) is 3.08. The molecule has 1 aromatic heterocycles. The number of benzene rings is 1. The van der Waals surface area contributed by atoms with E-state index in [1.54, 1.807) is 18.0 Å². The summed E-state index contributed by atoms with van der Waals surface area (Å²) in [5.74, 6) is 0.788. The van der Waals surface area contributed by atoms with Crippen molar-refractivity contribution in [3.63, 3.8) is 0 Å². The van der Waals surface area contributed by atoms with Crippen LogP contribution in [0.2, 0.25) is 0 Å². The molecule has 5 nitrogen and oxygen atoms in total. The lowest BCUT2D eigenvalue weighted by Gasteiger charge is -2.36. The summed E-state index contributed by atoms with van der Waals surface area (Å²) >= 11 is 1.44. The minimum absolute atomic E-state index is 0.0198. The van der Waals surface area contributed by atoms with Crippen LogP contribution in [0.3, 0.4) is 0 Å². The molecule has 1 aliphatic heterocycles. The van der Waals surface area contributed by atoms with Crippen molar-refractivity contribution in [2.24, 2.45) is 0 Å². The smallest absolute Gasteiger partial charge is 0.273 e. The van der Waals surface area contributed by atoms with Gasteiger partial charge in [0.1, 0.15) is 11.4 Å². The Morgan fingerprint density at radius 2 is 2.33 bits per heavy atom. The van der Waals surface area contributed by atoms with Crippen LogP contribution in [0.15, 0.2) is 35.2 Å². The highest BCUT2D eigenvalue weighted by Gasteiger charge is 2.31. The van der Waals surface area contributed by atoms with E-state index in [0.29, 0.717) is 12.2 Å². The zero-order valence-corrected chi connectivity index (χ0v) is 12.6. The summed E-state index contributed by atoms with van der Waals surface area (Å²) in [7, 11) is 1.65. The molecule has 0 bridgehead atoms. The standard InChI is InChI=1S/C15H17N3O2S/c1-20-14-5-3-2-4-11(14)13-8-16-6-7-18(13)15(19)12-9-21-10-17-12/h2-5,9-10,13,16H,6-8H2,1H3/t13-/m1/s1. The highest BCUT2D eigenvalue weighted by atomic mass is 32.1. The maximum atomic E-state index is 12.6. The molecule has 1 N–H and O–H groups in total. The topological polar surface area (TPSA) is 54.5 Å². The monoisotopic (exact) mass is 303 g/mol. The minimum atomic E-state index is -0.0379. The zero-order valence-electron chi connectivity index (χ0n) is 11.8. The van der Waals surface area contributed by atoms with Gasteiger partial charge in [0, 0.05) is 30.6 Å². The third kappa shape index (κ3) is 2.77. The van der Waals surface area contributed by atoms with Gasteiger partial charge in [0.05, 0.1) is 18.7 Å². The second kappa shape index (κ2) is 6.24. The number of carbonyl (C=O) groups excluding carboxylic acids is 1. The first-order valence-corrected chi connectivity index (χ1v) is 7.78. The molecule has 2 heterocycles. The first-order chi connectivity index (χ1) is 10.3. The van der Waals surface area contributed by atoms with Gasteiger partial charge in [-0.15, -0.1) is 11.3 Å². The Balaban J connectivity index is 1.93. The van der Waals surface area contributed by atoms with Crippen LogP contribution < -0.4 is 10.1 Å². The molecule has 0 radical (unpaired) electrons. The molecule has 6 heteroatoms. The van der Waals surface area contributed by atoms with Crippen molar-refractivity contribution in [2.75, 3.05) is 26.7 Å². The number of thiazole rings is 1. The molecule has 0 unspecified atom stereocenters. The van der Waals surface area contributed by atoms with E-state index in [9.17, 15) is 4.79 Å². The third-order valence-electron chi connectivity index (χ3n) is 3.65. The first-order valence-electron chi connectivity index (χ1n) is 6.84. The predicted molar refractivity (Wildman–Crippen MR) is 81.8 cm³/mol. The number of hydrogen-bond acceptors (Lipinski definition) is 5. The molecule has 1 amide bonds. The Labute approximate surface area is 127 Å². The quantitative estimate of drug-likeness (QED) is 0.941. The van der Waals surface area contributed by atoms with E-state index in [0.717, 1.165) is 24.4 Å². The van der Waals surface area contributed by atoms with Gasteiger partial charge in [-0.3, -0.25) is 4.79 Å². The van der Waals surface area contributed by atoms with Crippen LogP contribution in [-0.2, 0) is 0 Å². The fraction of sp³-hybridized carbons (Fsp3) is 0.333. The molecule has 1 saturated heterocycles. The second-order valence-electron chi connectivity index (χ2n) is 4.83. The van der Waals surface area contributed by atoms with Crippen LogP contribution in [-0.4, -0.2) is 42.5 Å².